The summed E-state index contributed by atoms with van der Waals surface area (Å²) in [5.74, 6) is -4.75. The average molecular weight is 697 g/mol. The van der Waals surface area contributed by atoms with E-state index >= 15 is 0 Å². The first-order valence-electron chi connectivity index (χ1n) is 13.5. The number of Topliss-reactive ketones (excluding diaryl/α,β-unsaturated/α-hetero) is 1. The summed E-state index contributed by atoms with van der Waals surface area (Å²) in [5.41, 5.74) is 17.1. The van der Waals surface area contributed by atoms with Crippen LogP contribution in [-0.2, 0) is 32.2 Å². The summed E-state index contributed by atoms with van der Waals surface area (Å²) in [6, 6.07) is 4.62. The van der Waals surface area contributed by atoms with Crippen molar-refractivity contribution in [2.75, 3.05) is 31.2 Å². The minimum atomic E-state index is -5.25. The van der Waals surface area contributed by atoms with Gasteiger partial charge in [-0.05, 0) is 19.1 Å². The molecule has 1 atom stereocenters. The van der Waals surface area contributed by atoms with E-state index in [1.807, 2.05) is 0 Å². The van der Waals surface area contributed by atoms with Crippen LogP contribution >= 0.6 is 11.6 Å². The molecule has 2 aromatic heterocycles. The van der Waals surface area contributed by atoms with Crippen LogP contribution in [0.15, 0.2) is 18.2 Å². The van der Waals surface area contributed by atoms with Gasteiger partial charge in [0.25, 0.3) is 24.1 Å². The van der Waals surface area contributed by atoms with E-state index in [2.05, 4.69) is 20.6 Å². The number of imidazole rings is 1. The molecular formula is C26H32ClF5N9O6+. The number of esters is 1. The molecule has 8 N–H and O–H groups in total. The van der Waals surface area contributed by atoms with Gasteiger partial charge < -0.3 is 37.3 Å². The van der Waals surface area contributed by atoms with Gasteiger partial charge in [-0.15, -0.1) is 0 Å². The van der Waals surface area contributed by atoms with Gasteiger partial charge in [0, 0.05) is 33.0 Å². The summed E-state index contributed by atoms with van der Waals surface area (Å²) in [6.45, 7) is 3.99. The van der Waals surface area contributed by atoms with Crippen molar-refractivity contribution in [2.45, 2.75) is 52.7 Å². The third kappa shape index (κ3) is 10.3. The molecule has 0 bridgehead atoms. The minimum Gasteiger partial charge on any atom is -0.484 e. The van der Waals surface area contributed by atoms with Crippen molar-refractivity contribution in [3.63, 3.8) is 0 Å². The molecule has 0 fully saturated rings. The summed E-state index contributed by atoms with van der Waals surface area (Å²) < 4.78 is 73.9. The summed E-state index contributed by atoms with van der Waals surface area (Å²) in [4.78, 5) is 53.5. The molecule has 47 heavy (non-hydrogen) atoms. The Labute approximate surface area is 268 Å². The third-order valence-corrected chi connectivity index (χ3v) is 6.22. The lowest BCUT2D eigenvalue weighted by atomic mass is 10.3. The van der Waals surface area contributed by atoms with Gasteiger partial charge in [0.2, 0.25) is 6.23 Å². The fourth-order valence-electron chi connectivity index (χ4n) is 3.90. The molecule has 2 amide bonds. The Morgan fingerprint density at radius 3 is 2.30 bits per heavy atom. The SMILES string of the molecule is CC(=O)C(F)F.CC[n+]1c(CNC(=O)c2nc(Cl)c(N)nc2N)n(C(C)OC(=O)C(F)(F)F)c2cc(OCC(=O)NCCN)ccc21. The van der Waals surface area contributed by atoms with Gasteiger partial charge in [0.05, 0.1) is 6.54 Å². The Bertz CT molecular complexity index is 1620. The van der Waals surface area contributed by atoms with Crippen molar-refractivity contribution in [1.29, 1.82) is 0 Å². The molecule has 0 aliphatic heterocycles. The van der Waals surface area contributed by atoms with Crippen LogP contribution in [0.2, 0.25) is 5.15 Å². The number of carbonyl (C=O) groups is 4. The van der Waals surface area contributed by atoms with Crippen LogP contribution in [0.25, 0.3) is 11.0 Å². The van der Waals surface area contributed by atoms with Crippen molar-refractivity contribution in [3.8, 4) is 5.75 Å². The van der Waals surface area contributed by atoms with Gasteiger partial charge in [0.15, 0.2) is 45.9 Å². The number of aromatic nitrogens is 4. The molecule has 1 unspecified atom stereocenters. The molecule has 0 aliphatic carbocycles. The van der Waals surface area contributed by atoms with E-state index in [0.717, 1.165) is 6.92 Å². The predicted octanol–water partition coefficient (Wildman–Crippen LogP) is 1.40. The standard InChI is InChI=1S/C23H27ClF3N9O5.C3H4F2O/c1-3-35-13-5-4-12(40-10-15(37)31-7-6-28)8-14(13)36(11(2)41-22(39)23(25,26)27)16(35)9-32-21(38)17-19(29)34-20(30)18(24)33-17;1-2(6)3(4)5/h4-5,8,11H,3,6-7,9-10,28H2,1-2H3,(H5-,29,30,31,32,34,37,38);3H,1H3/p+1. The first-order chi connectivity index (χ1) is 21.9. The summed E-state index contributed by atoms with van der Waals surface area (Å²) in [5, 5.41) is 4.86. The number of ether oxygens (including phenoxy) is 2. The van der Waals surface area contributed by atoms with Crippen molar-refractivity contribution in [1.82, 2.24) is 25.2 Å². The number of benzene rings is 1. The molecule has 0 saturated carbocycles. The zero-order valence-corrected chi connectivity index (χ0v) is 25.9. The number of amides is 2. The largest absolute Gasteiger partial charge is 0.491 e. The van der Waals surface area contributed by atoms with Crippen LogP contribution in [-0.4, -0.2) is 70.4 Å². The normalized spacial score (nSPS) is 11.8. The second-order valence-corrected chi connectivity index (χ2v) is 9.70. The van der Waals surface area contributed by atoms with E-state index in [1.165, 1.54) is 17.6 Å². The van der Waals surface area contributed by atoms with E-state index in [4.69, 9.17) is 38.3 Å². The number of nitrogens with one attached hydrogen (secondary N) is 2. The second kappa shape index (κ2) is 16.6. The monoisotopic (exact) mass is 696 g/mol. The number of ketones is 1. The van der Waals surface area contributed by atoms with Crippen LogP contribution in [0.4, 0.5) is 33.6 Å². The molecular weight excluding hydrogens is 665 g/mol. The van der Waals surface area contributed by atoms with Gasteiger partial charge >= 0.3 is 12.1 Å². The lowest BCUT2D eigenvalue weighted by Gasteiger charge is -2.15. The highest BCUT2D eigenvalue weighted by Gasteiger charge is 2.43. The van der Waals surface area contributed by atoms with E-state index < -0.39 is 42.4 Å². The first kappa shape index (κ1) is 38.3. The van der Waals surface area contributed by atoms with Gasteiger partial charge in [0.1, 0.15) is 12.3 Å². The molecule has 3 rings (SSSR count). The number of nitrogens with two attached hydrogens (primary N) is 3. The van der Waals surface area contributed by atoms with Crippen LogP contribution in [0.1, 0.15) is 43.3 Å². The molecule has 21 heteroatoms. The molecule has 0 radical (unpaired) electrons. The van der Waals surface area contributed by atoms with Crippen LogP contribution in [0.5, 0.6) is 5.75 Å². The molecule has 0 spiro atoms. The maximum atomic E-state index is 13.0. The molecule has 3 aromatic rings. The average Bonchev–Trinajstić information content (AvgIpc) is 3.31. The summed E-state index contributed by atoms with van der Waals surface area (Å²) in [6.07, 6.45) is -9.53. The van der Waals surface area contributed by atoms with Gasteiger partial charge in [-0.2, -0.15) is 17.7 Å². The van der Waals surface area contributed by atoms with Gasteiger partial charge in [-0.1, -0.05) is 11.6 Å². The fourth-order valence-corrected chi connectivity index (χ4v) is 4.03. The van der Waals surface area contributed by atoms with E-state index in [1.54, 1.807) is 23.6 Å². The number of alkyl halides is 5. The number of hydrogen-bond acceptors (Lipinski definition) is 11. The highest BCUT2D eigenvalue weighted by molar-refractivity contribution is 6.31. The zero-order chi connectivity index (χ0) is 35.6. The number of rotatable bonds is 12. The van der Waals surface area contributed by atoms with E-state index in [0.29, 0.717) is 12.1 Å². The Hall–Kier alpha value is -4.85. The van der Waals surface area contributed by atoms with Crippen molar-refractivity contribution in [2.24, 2.45) is 5.73 Å². The minimum absolute atomic E-state index is 0.181. The molecule has 0 aliphatic rings. The Balaban J connectivity index is 0.00000117. The van der Waals surface area contributed by atoms with Crippen molar-refractivity contribution < 1.29 is 55.2 Å². The fraction of sp³-hybridized carbons (Fsp3) is 0.423. The summed E-state index contributed by atoms with van der Waals surface area (Å²) >= 11 is 5.86. The number of aryl methyl sites for hydroxylation is 1. The van der Waals surface area contributed by atoms with Gasteiger partial charge in [-0.3, -0.25) is 14.4 Å². The quantitative estimate of drug-likeness (QED) is 0.103. The number of anilines is 2. The topological polar surface area (TPSA) is 223 Å². The number of carbonyl (C=O) groups excluding carboxylic acids is 4. The van der Waals surface area contributed by atoms with E-state index in [9.17, 15) is 41.1 Å². The Morgan fingerprint density at radius 1 is 1.11 bits per heavy atom. The number of halogens is 6. The number of nitrogens with zero attached hydrogens (tertiary/aromatic N) is 4. The predicted molar refractivity (Wildman–Crippen MR) is 156 cm³/mol. The number of nitrogen functional groups attached to an aromatic ring is 2. The summed E-state index contributed by atoms with van der Waals surface area (Å²) in [7, 11) is 0. The maximum Gasteiger partial charge on any atom is 0.491 e. The Morgan fingerprint density at radius 2 is 1.74 bits per heavy atom. The van der Waals surface area contributed by atoms with Crippen LogP contribution in [0.3, 0.4) is 0 Å². The van der Waals surface area contributed by atoms with Gasteiger partial charge in [-0.25, -0.2) is 28.1 Å². The lowest BCUT2D eigenvalue weighted by Crippen LogP contribution is -2.41. The Kier molecular flexibility index (Phi) is 13.6. The molecule has 15 nitrogen and oxygen atoms in total. The molecule has 258 valence electrons. The highest BCUT2D eigenvalue weighted by atomic mass is 35.5. The maximum absolute atomic E-state index is 13.0. The zero-order valence-electron chi connectivity index (χ0n) is 25.2. The number of hydrogen-bond donors (Lipinski definition) is 5. The molecule has 1 aromatic carbocycles. The van der Waals surface area contributed by atoms with Crippen LogP contribution in [0, 0.1) is 0 Å². The second-order valence-electron chi connectivity index (χ2n) is 9.34. The molecule has 2 heterocycles. The molecule has 0 saturated heterocycles. The van der Waals surface area contributed by atoms with Crippen LogP contribution < -0.4 is 37.1 Å². The first-order valence-corrected chi connectivity index (χ1v) is 13.9. The van der Waals surface area contributed by atoms with Crippen molar-refractivity contribution >= 4 is 57.8 Å². The number of fused-ring (bicyclic) bond motifs is 1. The highest BCUT2D eigenvalue weighted by Crippen LogP contribution is 2.28. The van der Waals surface area contributed by atoms with E-state index in [-0.39, 0.29) is 65.8 Å². The third-order valence-electron chi connectivity index (χ3n) is 5.95. The smallest absolute Gasteiger partial charge is 0.484 e. The van der Waals surface area contributed by atoms with Crippen molar-refractivity contribution in [3.05, 3.63) is 34.9 Å². The lowest BCUT2D eigenvalue weighted by molar-refractivity contribution is -0.677.